The van der Waals surface area contributed by atoms with Crippen molar-refractivity contribution in [1.82, 2.24) is 4.90 Å². The van der Waals surface area contributed by atoms with Crippen LogP contribution in [0, 0.1) is 11.8 Å². The van der Waals surface area contributed by atoms with Crippen LogP contribution in [-0.4, -0.2) is 35.8 Å². The minimum atomic E-state index is -0.457. The summed E-state index contributed by atoms with van der Waals surface area (Å²) in [4.78, 5) is 24.8. The lowest BCUT2D eigenvalue weighted by molar-refractivity contribution is -0.139. The average Bonchev–Trinajstić information content (AvgIpc) is 2.61. The number of rotatable bonds is 5. The zero-order valence-corrected chi connectivity index (χ0v) is 11.9. The standard InChI is InChI=1S/C12H23N3O2.ClH/c1-8(2)6-15(7-11(14)16)12(17)9-3-4-10(13)5-9;/h8-10H,3-7,13H2,1-2H3,(H2,14,16);1H. The molecular weight excluding hydrogens is 254 g/mol. The predicted molar refractivity (Wildman–Crippen MR) is 73.2 cm³/mol. The Balaban J connectivity index is 0.00000289. The molecule has 18 heavy (non-hydrogen) atoms. The lowest BCUT2D eigenvalue weighted by atomic mass is 10.1. The summed E-state index contributed by atoms with van der Waals surface area (Å²) in [5.74, 6) is -0.122. The van der Waals surface area contributed by atoms with Gasteiger partial charge in [-0.1, -0.05) is 13.8 Å². The number of primary amides is 1. The van der Waals surface area contributed by atoms with E-state index in [0.717, 1.165) is 19.3 Å². The molecule has 106 valence electrons. The molecule has 0 bridgehead atoms. The molecular formula is C12H24ClN3O2. The van der Waals surface area contributed by atoms with Crippen LogP contribution in [0.2, 0.25) is 0 Å². The van der Waals surface area contributed by atoms with Crippen molar-refractivity contribution in [3.8, 4) is 0 Å². The maximum atomic E-state index is 12.2. The van der Waals surface area contributed by atoms with Crippen LogP contribution in [0.25, 0.3) is 0 Å². The van der Waals surface area contributed by atoms with Crippen LogP contribution in [-0.2, 0) is 9.59 Å². The van der Waals surface area contributed by atoms with Crippen LogP contribution < -0.4 is 11.5 Å². The van der Waals surface area contributed by atoms with Crippen molar-refractivity contribution in [1.29, 1.82) is 0 Å². The fraction of sp³-hybridized carbons (Fsp3) is 0.833. The summed E-state index contributed by atoms with van der Waals surface area (Å²) in [6.07, 6.45) is 2.45. The Morgan fingerprint density at radius 3 is 2.33 bits per heavy atom. The summed E-state index contributed by atoms with van der Waals surface area (Å²) in [6, 6.07) is 0.124. The van der Waals surface area contributed by atoms with Gasteiger partial charge in [0, 0.05) is 18.5 Å². The third kappa shape index (κ3) is 5.23. The zero-order chi connectivity index (χ0) is 13.0. The lowest BCUT2D eigenvalue weighted by Gasteiger charge is -2.26. The molecule has 0 spiro atoms. The summed E-state index contributed by atoms with van der Waals surface area (Å²) >= 11 is 0. The van der Waals surface area contributed by atoms with E-state index in [1.54, 1.807) is 4.90 Å². The van der Waals surface area contributed by atoms with Gasteiger partial charge in [0.2, 0.25) is 11.8 Å². The average molecular weight is 278 g/mol. The molecule has 1 rings (SSSR count). The molecule has 4 N–H and O–H groups in total. The molecule has 0 heterocycles. The Labute approximate surface area is 115 Å². The molecule has 1 aliphatic carbocycles. The number of carbonyl (C=O) groups excluding carboxylic acids is 2. The first kappa shape index (κ1) is 17.2. The van der Waals surface area contributed by atoms with Crippen molar-refractivity contribution in [2.75, 3.05) is 13.1 Å². The first-order valence-corrected chi connectivity index (χ1v) is 6.22. The monoisotopic (exact) mass is 277 g/mol. The van der Waals surface area contributed by atoms with Crippen molar-refractivity contribution in [2.24, 2.45) is 23.3 Å². The number of halogens is 1. The number of hydrogen-bond acceptors (Lipinski definition) is 3. The highest BCUT2D eigenvalue weighted by atomic mass is 35.5. The SMILES string of the molecule is CC(C)CN(CC(N)=O)C(=O)C1CCC(N)C1.Cl. The van der Waals surface area contributed by atoms with Crippen molar-refractivity contribution in [2.45, 2.75) is 39.2 Å². The Morgan fingerprint density at radius 2 is 1.94 bits per heavy atom. The summed E-state index contributed by atoms with van der Waals surface area (Å²) in [5.41, 5.74) is 11.0. The van der Waals surface area contributed by atoms with E-state index in [-0.39, 0.29) is 36.8 Å². The van der Waals surface area contributed by atoms with E-state index in [2.05, 4.69) is 0 Å². The van der Waals surface area contributed by atoms with Crippen LogP contribution in [0.4, 0.5) is 0 Å². The van der Waals surface area contributed by atoms with Gasteiger partial charge in [-0.3, -0.25) is 9.59 Å². The zero-order valence-electron chi connectivity index (χ0n) is 11.1. The minimum Gasteiger partial charge on any atom is -0.368 e. The fourth-order valence-electron chi connectivity index (χ4n) is 2.36. The molecule has 1 aliphatic rings. The van der Waals surface area contributed by atoms with Gasteiger partial charge in [-0.15, -0.1) is 12.4 Å². The highest BCUT2D eigenvalue weighted by molar-refractivity contribution is 5.85. The summed E-state index contributed by atoms with van der Waals surface area (Å²) in [6.45, 7) is 4.62. The van der Waals surface area contributed by atoms with E-state index in [4.69, 9.17) is 11.5 Å². The molecule has 1 saturated carbocycles. The van der Waals surface area contributed by atoms with Crippen LogP contribution in [0.5, 0.6) is 0 Å². The van der Waals surface area contributed by atoms with Gasteiger partial charge in [0.15, 0.2) is 0 Å². The van der Waals surface area contributed by atoms with E-state index in [0.29, 0.717) is 12.5 Å². The molecule has 2 amide bonds. The third-order valence-corrected chi connectivity index (χ3v) is 3.07. The smallest absolute Gasteiger partial charge is 0.237 e. The van der Waals surface area contributed by atoms with Crippen molar-refractivity contribution in [3.63, 3.8) is 0 Å². The fourth-order valence-corrected chi connectivity index (χ4v) is 2.36. The largest absolute Gasteiger partial charge is 0.368 e. The molecule has 0 radical (unpaired) electrons. The lowest BCUT2D eigenvalue weighted by Crippen LogP contribution is -2.43. The Bertz CT molecular complexity index is 297. The first-order chi connectivity index (χ1) is 7.90. The highest BCUT2D eigenvalue weighted by Gasteiger charge is 2.31. The molecule has 6 heteroatoms. The van der Waals surface area contributed by atoms with Crippen LogP contribution in [0.3, 0.4) is 0 Å². The van der Waals surface area contributed by atoms with Crippen molar-refractivity contribution >= 4 is 24.2 Å². The van der Waals surface area contributed by atoms with E-state index < -0.39 is 5.91 Å². The normalized spacial score (nSPS) is 22.7. The van der Waals surface area contributed by atoms with Gasteiger partial charge in [0.05, 0.1) is 6.54 Å². The number of nitrogens with two attached hydrogens (primary N) is 2. The molecule has 2 atom stereocenters. The molecule has 2 unspecified atom stereocenters. The number of nitrogens with zero attached hydrogens (tertiary/aromatic N) is 1. The topological polar surface area (TPSA) is 89.4 Å². The number of hydrogen-bond donors (Lipinski definition) is 2. The maximum Gasteiger partial charge on any atom is 0.237 e. The van der Waals surface area contributed by atoms with Crippen LogP contribution in [0.15, 0.2) is 0 Å². The van der Waals surface area contributed by atoms with E-state index in [1.165, 1.54) is 0 Å². The van der Waals surface area contributed by atoms with Gasteiger partial charge in [-0.2, -0.15) is 0 Å². The quantitative estimate of drug-likeness (QED) is 0.767. The Hall–Kier alpha value is -0.810. The second kappa shape index (κ2) is 7.59. The molecule has 0 aromatic heterocycles. The molecule has 0 aromatic rings. The Kier molecular flexibility index (Phi) is 7.25. The Morgan fingerprint density at radius 1 is 1.33 bits per heavy atom. The summed E-state index contributed by atoms with van der Waals surface area (Å²) < 4.78 is 0. The summed E-state index contributed by atoms with van der Waals surface area (Å²) in [7, 11) is 0. The van der Waals surface area contributed by atoms with Crippen molar-refractivity contribution < 1.29 is 9.59 Å². The highest BCUT2D eigenvalue weighted by Crippen LogP contribution is 2.26. The first-order valence-electron chi connectivity index (χ1n) is 6.22. The molecule has 0 saturated heterocycles. The van der Waals surface area contributed by atoms with Gasteiger partial charge in [-0.25, -0.2) is 0 Å². The molecule has 0 aliphatic heterocycles. The third-order valence-electron chi connectivity index (χ3n) is 3.07. The van der Waals surface area contributed by atoms with Gasteiger partial charge >= 0.3 is 0 Å². The second-order valence-electron chi connectivity index (χ2n) is 5.35. The summed E-state index contributed by atoms with van der Waals surface area (Å²) in [5, 5.41) is 0. The second-order valence-corrected chi connectivity index (χ2v) is 5.35. The number of carbonyl (C=O) groups is 2. The van der Waals surface area contributed by atoms with Crippen molar-refractivity contribution in [3.05, 3.63) is 0 Å². The molecule has 0 aromatic carbocycles. The van der Waals surface area contributed by atoms with E-state index in [1.807, 2.05) is 13.8 Å². The van der Waals surface area contributed by atoms with Crippen LogP contribution in [0.1, 0.15) is 33.1 Å². The predicted octanol–water partition coefficient (Wildman–Crippen LogP) is 0.506. The maximum absolute atomic E-state index is 12.2. The minimum absolute atomic E-state index is 0. The van der Waals surface area contributed by atoms with Gasteiger partial charge in [0.1, 0.15) is 0 Å². The number of amides is 2. The van der Waals surface area contributed by atoms with Gasteiger partial charge < -0.3 is 16.4 Å². The molecule has 5 nitrogen and oxygen atoms in total. The van der Waals surface area contributed by atoms with E-state index >= 15 is 0 Å². The van der Waals surface area contributed by atoms with E-state index in [9.17, 15) is 9.59 Å². The van der Waals surface area contributed by atoms with Crippen LogP contribution >= 0.6 is 12.4 Å². The van der Waals surface area contributed by atoms with Gasteiger partial charge in [0.25, 0.3) is 0 Å². The molecule has 1 fully saturated rings. The van der Waals surface area contributed by atoms with Gasteiger partial charge in [-0.05, 0) is 25.2 Å².